The number of ether oxygens (including phenoxy) is 1. The van der Waals surface area contributed by atoms with Gasteiger partial charge < -0.3 is 4.74 Å². The summed E-state index contributed by atoms with van der Waals surface area (Å²) in [6.45, 7) is 1.84. The second kappa shape index (κ2) is 7.05. The Morgan fingerprint density at radius 1 is 1.47 bits per heavy atom. The van der Waals surface area contributed by atoms with Gasteiger partial charge in [0.15, 0.2) is 0 Å². The van der Waals surface area contributed by atoms with Crippen molar-refractivity contribution in [1.82, 2.24) is 0 Å². The molecule has 0 spiro atoms. The van der Waals surface area contributed by atoms with E-state index in [4.69, 9.17) is 21.6 Å². The zero-order valence-electron chi connectivity index (χ0n) is 10.3. The van der Waals surface area contributed by atoms with Crippen molar-refractivity contribution < 1.29 is 18.3 Å². The average Bonchev–Trinajstić information content (AvgIpc) is 2.38. The second-order valence-corrected chi connectivity index (χ2v) is 4.00. The van der Waals surface area contributed by atoms with Gasteiger partial charge in [-0.3, -0.25) is 4.79 Å². The number of hydrogen-bond donors (Lipinski definition) is 0. The summed E-state index contributed by atoms with van der Waals surface area (Å²) in [6.07, 6.45) is -2.92. The number of alkyl halides is 3. The van der Waals surface area contributed by atoms with Crippen molar-refractivity contribution in [2.75, 3.05) is 6.61 Å². The molecule has 0 unspecified atom stereocenters. The number of nitriles is 1. The molecule has 6 heteroatoms. The van der Waals surface area contributed by atoms with Gasteiger partial charge in [0.05, 0.1) is 24.7 Å². The van der Waals surface area contributed by atoms with Crippen molar-refractivity contribution in [1.29, 1.82) is 5.26 Å². The third-order valence-electron chi connectivity index (χ3n) is 2.50. The lowest BCUT2D eigenvalue weighted by atomic mass is 9.98. The fourth-order valence-electron chi connectivity index (χ4n) is 1.65. The van der Waals surface area contributed by atoms with E-state index in [1.165, 1.54) is 6.07 Å². The van der Waals surface area contributed by atoms with Gasteiger partial charge in [0.25, 0.3) is 6.43 Å². The van der Waals surface area contributed by atoms with E-state index in [-0.39, 0.29) is 41.2 Å². The molecule has 0 aliphatic heterocycles. The highest BCUT2D eigenvalue weighted by molar-refractivity contribution is 6.17. The van der Waals surface area contributed by atoms with Crippen molar-refractivity contribution in [3.8, 4) is 6.07 Å². The van der Waals surface area contributed by atoms with Gasteiger partial charge in [0.1, 0.15) is 0 Å². The molecule has 0 aliphatic rings. The molecule has 102 valence electrons. The van der Waals surface area contributed by atoms with Gasteiger partial charge >= 0.3 is 5.97 Å². The van der Waals surface area contributed by atoms with Crippen molar-refractivity contribution in [2.45, 2.75) is 25.7 Å². The van der Waals surface area contributed by atoms with E-state index in [0.717, 1.165) is 6.07 Å². The molecule has 0 heterocycles. The first kappa shape index (κ1) is 15.4. The second-order valence-electron chi connectivity index (χ2n) is 3.74. The number of carbonyl (C=O) groups is 1. The number of halogens is 3. The molecule has 1 aromatic carbocycles. The van der Waals surface area contributed by atoms with Crippen LogP contribution < -0.4 is 0 Å². The number of hydrogen-bond acceptors (Lipinski definition) is 3. The van der Waals surface area contributed by atoms with E-state index in [1.54, 1.807) is 6.92 Å². The van der Waals surface area contributed by atoms with Crippen LogP contribution in [-0.4, -0.2) is 12.6 Å². The van der Waals surface area contributed by atoms with Crippen LogP contribution in [0.3, 0.4) is 0 Å². The molecule has 0 amide bonds. The highest BCUT2D eigenvalue weighted by Crippen LogP contribution is 2.27. The Morgan fingerprint density at radius 3 is 2.63 bits per heavy atom. The van der Waals surface area contributed by atoms with Crippen molar-refractivity contribution in [3.05, 3.63) is 34.4 Å². The number of nitrogens with zero attached hydrogens (tertiary/aromatic N) is 1. The van der Waals surface area contributed by atoms with E-state index in [2.05, 4.69) is 0 Å². The van der Waals surface area contributed by atoms with Gasteiger partial charge in [-0.1, -0.05) is 0 Å². The molecular weight excluding hydrogens is 276 g/mol. The van der Waals surface area contributed by atoms with Gasteiger partial charge in [-0.05, 0) is 30.2 Å². The number of carbonyl (C=O) groups excluding carboxylic acids is 1. The molecule has 1 aromatic rings. The first-order valence-corrected chi connectivity index (χ1v) is 6.12. The van der Waals surface area contributed by atoms with Crippen LogP contribution in [0.5, 0.6) is 0 Å². The Hall–Kier alpha value is -1.67. The summed E-state index contributed by atoms with van der Waals surface area (Å²) in [6, 6.07) is 4.32. The van der Waals surface area contributed by atoms with E-state index in [0.29, 0.717) is 0 Å². The third-order valence-corrected chi connectivity index (χ3v) is 2.79. The minimum Gasteiger partial charge on any atom is -0.466 e. The summed E-state index contributed by atoms with van der Waals surface area (Å²) >= 11 is 5.58. The van der Waals surface area contributed by atoms with Crippen LogP contribution in [0.15, 0.2) is 12.1 Å². The summed E-state index contributed by atoms with van der Waals surface area (Å²) < 4.78 is 30.5. The van der Waals surface area contributed by atoms with E-state index >= 15 is 0 Å². The summed E-state index contributed by atoms with van der Waals surface area (Å²) in [5, 5.41) is 8.98. The molecule has 0 radical (unpaired) electrons. The molecule has 19 heavy (non-hydrogen) atoms. The Kier molecular flexibility index (Phi) is 5.71. The van der Waals surface area contributed by atoms with Crippen LogP contribution >= 0.6 is 11.6 Å². The molecule has 0 fully saturated rings. The Morgan fingerprint density at radius 2 is 2.16 bits per heavy atom. The molecule has 0 saturated heterocycles. The van der Waals surface area contributed by atoms with Gasteiger partial charge in [-0.2, -0.15) is 5.26 Å². The molecule has 0 aliphatic carbocycles. The molecule has 0 saturated carbocycles. The first-order chi connectivity index (χ1) is 9.03. The third kappa shape index (κ3) is 3.90. The topological polar surface area (TPSA) is 50.1 Å². The lowest BCUT2D eigenvalue weighted by Gasteiger charge is -2.11. The average molecular weight is 288 g/mol. The van der Waals surface area contributed by atoms with Crippen LogP contribution in [-0.2, 0) is 21.8 Å². The summed E-state index contributed by atoms with van der Waals surface area (Å²) in [5.74, 6) is -0.675. The standard InChI is InChI=1S/C13H12ClF2NO2/c1-2-19-12(18)5-8-4-11(13(15)16)9(6-14)3-10(8)7-17/h3-4,13H,2,5-6H2,1H3. The number of benzene rings is 1. The van der Waals surface area contributed by atoms with Gasteiger partial charge in [-0.15, -0.1) is 11.6 Å². The lowest BCUT2D eigenvalue weighted by molar-refractivity contribution is -0.142. The maximum absolute atomic E-state index is 12.9. The Labute approximate surface area is 114 Å². The minimum absolute atomic E-state index is 0.117. The van der Waals surface area contributed by atoms with E-state index in [9.17, 15) is 13.6 Å². The van der Waals surface area contributed by atoms with Crippen LogP contribution in [0.4, 0.5) is 8.78 Å². The normalized spacial score (nSPS) is 10.3. The quantitative estimate of drug-likeness (QED) is 0.616. The molecule has 1 rings (SSSR count). The Balaban J connectivity index is 3.19. The highest BCUT2D eigenvalue weighted by atomic mass is 35.5. The monoisotopic (exact) mass is 287 g/mol. The smallest absolute Gasteiger partial charge is 0.310 e. The lowest BCUT2D eigenvalue weighted by Crippen LogP contribution is -2.10. The highest BCUT2D eigenvalue weighted by Gasteiger charge is 2.18. The fraction of sp³-hybridized carbons (Fsp3) is 0.385. The van der Waals surface area contributed by atoms with E-state index < -0.39 is 12.4 Å². The number of esters is 1. The SMILES string of the molecule is CCOC(=O)Cc1cc(C(F)F)c(CCl)cc1C#N. The minimum atomic E-state index is -2.71. The van der Waals surface area contributed by atoms with Gasteiger partial charge in [0.2, 0.25) is 0 Å². The van der Waals surface area contributed by atoms with Gasteiger partial charge in [-0.25, -0.2) is 8.78 Å². The van der Waals surface area contributed by atoms with Crippen LogP contribution in [0.2, 0.25) is 0 Å². The molecule has 3 nitrogen and oxygen atoms in total. The molecular formula is C13H12ClF2NO2. The maximum atomic E-state index is 12.9. The zero-order valence-corrected chi connectivity index (χ0v) is 11.0. The molecule has 0 aromatic heterocycles. The summed E-state index contributed by atoms with van der Waals surface area (Å²) in [5.41, 5.74) is 0.326. The van der Waals surface area contributed by atoms with Crippen LogP contribution in [0.1, 0.15) is 35.6 Å². The first-order valence-electron chi connectivity index (χ1n) is 5.59. The van der Waals surface area contributed by atoms with E-state index in [1.807, 2.05) is 6.07 Å². The van der Waals surface area contributed by atoms with Crippen molar-refractivity contribution >= 4 is 17.6 Å². The largest absolute Gasteiger partial charge is 0.466 e. The predicted molar refractivity (Wildman–Crippen MR) is 66.0 cm³/mol. The number of rotatable bonds is 5. The van der Waals surface area contributed by atoms with Crippen LogP contribution in [0.25, 0.3) is 0 Å². The molecule has 0 bridgehead atoms. The molecule has 0 N–H and O–H groups in total. The predicted octanol–water partition coefficient (Wildman–Crippen LogP) is 3.34. The zero-order chi connectivity index (χ0) is 14.4. The fourth-order valence-corrected chi connectivity index (χ4v) is 1.88. The molecule has 0 atom stereocenters. The van der Waals surface area contributed by atoms with Crippen molar-refractivity contribution in [2.24, 2.45) is 0 Å². The summed E-state index contributed by atoms with van der Waals surface area (Å²) in [7, 11) is 0. The van der Waals surface area contributed by atoms with Crippen LogP contribution in [0, 0.1) is 11.3 Å². The maximum Gasteiger partial charge on any atom is 0.310 e. The summed E-state index contributed by atoms with van der Waals surface area (Å²) in [4.78, 5) is 11.4. The van der Waals surface area contributed by atoms with Gasteiger partial charge in [0, 0.05) is 11.4 Å². The Bertz CT molecular complexity index is 512. The van der Waals surface area contributed by atoms with Crippen molar-refractivity contribution in [3.63, 3.8) is 0 Å².